The van der Waals surface area contributed by atoms with Gasteiger partial charge in [0.1, 0.15) is 0 Å². The van der Waals surface area contributed by atoms with Crippen LogP contribution in [0.15, 0.2) is 11.8 Å². The Morgan fingerprint density at radius 1 is 1.43 bits per heavy atom. The molecule has 0 N–H and O–H groups in total. The molecule has 1 aliphatic rings. The van der Waals surface area contributed by atoms with Crippen molar-refractivity contribution in [3.8, 4) is 0 Å². The lowest BCUT2D eigenvalue weighted by Crippen LogP contribution is -2.10. The molecule has 1 aliphatic carbocycles. The largest absolute Gasteiger partial charge is 0.881 e. The Hall–Kier alpha value is -0.258. The van der Waals surface area contributed by atoms with Crippen LogP contribution in [-0.2, 0) is 8.58 Å². The van der Waals surface area contributed by atoms with E-state index in [0.717, 1.165) is 0 Å². The molecular formula is C11H17AlO2-. The first-order chi connectivity index (χ1) is 6.72. The van der Waals surface area contributed by atoms with Gasteiger partial charge in [-0.05, 0) is 12.8 Å². The van der Waals surface area contributed by atoms with Gasteiger partial charge in [-0.1, -0.05) is 32.1 Å². The second-order valence-electron chi connectivity index (χ2n) is 4.05. The third-order valence-electron chi connectivity index (χ3n) is 2.76. The second-order valence-corrected chi connectivity index (χ2v) is 4.28. The van der Waals surface area contributed by atoms with Gasteiger partial charge in [0, 0.05) is 18.3 Å². The van der Waals surface area contributed by atoms with Gasteiger partial charge in [0.15, 0.2) is 5.78 Å². The van der Waals surface area contributed by atoms with E-state index in [-0.39, 0.29) is 5.78 Å². The monoisotopic (exact) mass is 208 g/mol. The number of carbonyl (C=O) groups excluding carboxylic acids is 1. The van der Waals surface area contributed by atoms with Crippen molar-refractivity contribution in [3.63, 3.8) is 0 Å². The molecule has 1 rings (SSSR count). The Morgan fingerprint density at radius 3 is 2.64 bits per heavy atom. The summed E-state index contributed by atoms with van der Waals surface area (Å²) in [5.74, 6) is 1.50. The van der Waals surface area contributed by atoms with Crippen LogP contribution >= 0.6 is 0 Å². The lowest BCUT2D eigenvalue weighted by Gasteiger charge is -2.21. The van der Waals surface area contributed by atoms with E-state index in [4.69, 9.17) is 3.79 Å². The van der Waals surface area contributed by atoms with Gasteiger partial charge in [-0.3, -0.25) is 21.4 Å². The van der Waals surface area contributed by atoms with Gasteiger partial charge in [0.25, 0.3) is 0 Å². The van der Waals surface area contributed by atoms with Crippen LogP contribution < -0.4 is 0 Å². The molecule has 0 aromatic carbocycles. The normalized spacial score (nSPS) is 19.4. The van der Waals surface area contributed by atoms with E-state index in [1.807, 2.05) is 0 Å². The highest BCUT2D eigenvalue weighted by Crippen LogP contribution is 2.26. The number of ketones is 1. The first-order valence-corrected chi connectivity index (χ1v) is 5.77. The zero-order valence-electron chi connectivity index (χ0n) is 8.79. The lowest BCUT2D eigenvalue weighted by atomic mass is 9.86. The van der Waals surface area contributed by atoms with Gasteiger partial charge in [0.2, 0.25) is 0 Å². The quantitative estimate of drug-likeness (QED) is 0.403. The van der Waals surface area contributed by atoms with Crippen molar-refractivity contribution in [2.75, 3.05) is 0 Å². The first kappa shape index (κ1) is 11.8. The van der Waals surface area contributed by atoms with Crippen LogP contribution in [0.25, 0.3) is 0 Å². The molecule has 3 heteroatoms. The van der Waals surface area contributed by atoms with Gasteiger partial charge in [-0.25, -0.2) is 0 Å². The molecule has 3 radical (unpaired) electrons. The molecule has 0 unspecified atom stereocenters. The highest BCUT2D eigenvalue weighted by Gasteiger charge is 2.15. The number of hydrogen-bond donors (Lipinski definition) is 0. The minimum atomic E-state index is 0.205. The number of carbonyl (C=O) groups is 1. The highest BCUT2D eigenvalue weighted by atomic mass is 27.1. The van der Waals surface area contributed by atoms with Crippen molar-refractivity contribution in [2.45, 2.75) is 45.4 Å². The Labute approximate surface area is 94.5 Å². The summed E-state index contributed by atoms with van der Waals surface area (Å²) in [4.78, 5) is 11.5. The summed E-state index contributed by atoms with van der Waals surface area (Å²) in [6.07, 6.45) is 8.67. The summed E-state index contributed by atoms with van der Waals surface area (Å²) in [7, 11) is 0. The molecule has 1 saturated carbocycles. The maximum atomic E-state index is 11.5. The molecule has 0 aliphatic heterocycles. The van der Waals surface area contributed by atoms with Gasteiger partial charge >= 0.3 is 0 Å². The zero-order chi connectivity index (χ0) is 10.4. The number of rotatable bonds is 4. The molecule has 0 aromatic rings. The van der Waals surface area contributed by atoms with Crippen LogP contribution in [0.4, 0.5) is 0 Å². The minimum absolute atomic E-state index is 0.205. The fraction of sp³-hybridized carbons (Fsp3) is 0.727. The van der Waals surface area contributed by atoms with Crippen LogP contribution in [-0.4, -0.2) is 22.4 Å². The molecule has 0 amide bonds. The van der Waals surface area contributed by atoms with Gasteiger partial charge in [0.05, 0.1) is 0 Å². The topological polar surface area (TPSA) is 26.3 Å². The Kier molecular flexibility index (Phi) is 5.29. The predicted octanol–water partition coefficient (Wildman–Crippen LogP) is 2.53. The van der Waals surface area contributed by atoms with Gasteiger partial charge in [-0.15, -0.1) is 0 Å². The predicted molar refractivity (Wildman–Crippen MR) is 56.8 cm³/mol. The van der Waals surface area contributed by atoms with Crippen molar-refractivity contribution >= 4 is 22.4 Å². The van der Waals surface area contributed by atoms with Crippen LogP contribution in [0.1, 0.15) is 45.4 Å². The Balaban J connectivity index is 2.32. The molecule has 2 nitrogen and oxygen atoms in total. The van der Waals surface area contributed by atoms with E-state index in [1.54, 1.807) is 13.0 Å². The van der Waals surface area contributed by atoms with E-state index < -0.39 is 0 Å². The van der Waals surface area contributed by atoms with Gasteiger partial charge < -0.3 is 3.79 Å². The fourth-order valence-electron chi connectivity index (χ4n) is 2.00. The van der Waals surface area contributed by atoms with Crippen molar-refractivity contribution in [1.29, 1.82) is 0 Å². The van der Waals surface area contributed by atoms with E-state index in [9.17, 15) is 4.79 Å². The number of allylic oxidation sites excluding steroid dienone is 2. The van der Waals surface area contributed by atoms with E-state index >= 15 is 0 Å². The molecule has 0 atom stereocenters. The third kappa shape index (κ3) is 4.30. The van der Waals surface area contributed by atoms with E-state index in [1.165, 1.54) is 32.1 Å². The zero-order valence-corrected chi connectivity index (χ0v) is 9.95. The van der Waals surface area contributed by atoms with E-state index in [0.29, 0.717) is 18.1 Å². The number of hydrogen-bond acceptors (Lipinski definition) is 2. The molecule has 14 heavy (non-hydrogen) atoms. The van der Waals surface area contributed by atoms with Crippen molar-refractivity contribution in [3.05, 3.63) is 11.8 Å². The van der Waals surface area contributed by atoms with Crippen molar-refractivity contribution in [1.82, 2.24) is 0 Å². The molecular weight excluding hydrogens is 191 g/mol. The van der Waals surface area contributed by atoms with Gasteiger partial charge in [-0.2, -0.15) is 0 Å². The van der Waals surface area contributed by atoms with E-state index in [2.05, 4.69) is 16.6 Å². The Bertz CT molecular complexity index is 217. The summed E-state index contributed by atoms with van der Waals surface area (Å²) < 4.78 is 4.87. The summed E-state index contributed by atoms with van der Waals surface area (Å²) in [5, 5.41) is 0. The van der Waals surface area contributed by atoms with Crippen molar-refractivity contribution < 1.29 is 8.58 Å². The molecule has 0 bridgehead atoms. The molecule has 0 spiro atoms. The van der Waals surface area contributed by atoms with Crippen molar-refractivity contribution in [2.24, 2.45) is 5.92 Å². The molecule has 1 fully saturated rings. The average molecular weight is 208 g/mol. The summed E-state index contributed by atoms with van der Waals surface area (Å²) in [6.45, 7) is 1.80. The maximum absolute atomic E-state index is 11.5. The second kappa shape index (κ2) is 6.27. The summed E-state index contributed by atoms with van der Waals surface area (Å²) in [6, 6.07) is 0. The highest BCUT2D eigenvalue weighted by molar-refractivity contribution is 5.99. The van der Waals surface area contributed by atoms with Crippen LogP contribution in [0.2, 0.25) is 0 Å². The molecule has 77 valence electrons. The molecule has 0 saturated heterocycles. The maximum Gasteiger partial charge on any atom is 0.159 e. The molecule has 0 aromatic heterocycles. The van der Waals surface area contributed by atoms with Crippen LogP contribution in [0.5, 0.6) is 0 Å². The minimum Gasteiger partial charge on any atom is -0.881 e. The van der Waals surface area contributed by atoms with Crippen LogP contribution in [0.3, 0.4) is 0 Å². The summed E-state index contributed by atoms with van der Waals surface area (Å²) >= 11 is 2.15. The van der Waals surface area contributed by atoms with Crippen LogP contribution in [0, 0.1) is 5.92 Å². The smallest absolute Gasteiger partial charge is 0.159 e. The average Bonchev–Trinajstić information content (AvgIpc) is 2.19. The lowest BCUT2D eigenvalue weighted by molar-refractivity contribution is -0.115. The molecule has 0 heterocycles. The first-order valence-electron chi connectivity index (χ1n) is 5.30. The standard InChI is InChI=1S/C11H18O2.Al/c1-9(12)7-11(13)8-10-5-3-2-4-6-10;/h7,10,12H,2-6,8H2,1H3;/p-1/b9-7-;. The third-order valence-corrected chi connectivity index (χ3v) is 3.14. The SMILES string of the molecule is C/C(=C/C(=O)CC1CCCCC1)[O][Al-]. The summed E-state index contributed by atoms with van der Waals surface area (Å²) in [5.41, 5.74) is 0. The Morgan fingerprint density at radius 2 is 2.07 bits per heavy atom. The fourth-order valence-corrected chi connectivity index (χ4v) is 2.06.